The van der Waals surface area contributed by atoms with Gasteiger partial charge >= 0.3 is 0 Å². The Morgan fingerprint density at radius 1 is 1.00 bits per heavy atom. The number of benzene rings is 3. The fourth-order valence-corrected chi connectivity index (χ4v) is 4.87. The van der Waals surface area contributed by atoms with Crippen LogP contribution in [0.15, 0.2) is 72.3 Å². The van der Waals surface area contributed by atoms with E-state index in [4.69, 9.17) is 4.74 Å². The molecule has 1 amide bonds. The first kappa shape index (κ1) is 22.8. The molecule has 7 heteroatoms. The number of carbonyl (C=O) groups is 1. The van der Waals surface area contributed by atoms with Crippen molar-refractivity contribution in [2.45, 2.75) is 6.61 Å². The van der Waals surface area contributed by atoms with Crippen LogP contribution in [0.2, 0.25) is 0 Å². The first-order chi connectivity index (χ1) is 15.0. The second-order valence-electron chi connectivity index (χ2n) is 6.36. The molecule has 3 aromatic carbocycles. The third-order valence-corrected chi connectivity index (χ3v) is 5.84. The molecule has 0 spiro atoms. The molecule has 0 aromatic heterocycles. The Hall–Kier alpha value is -2.89. The van der Waals surface area contributed by atoms with E-state index in [0.29, 0.717) is 17.0 Å². The molecule has 0 radical (unpaired) electrons. The SMILES string of the molecule is N#C/C(=C/c1cc(I)c(OCc2ccccc2C#N)c(I)c1)C(=O)Nc1ccccc1. The van der Waals surface area contributed by atoms with Crippen LogP contribution in [-0.4, -0.2) is 5.91 Å². The van der Waals surface area contributed by atoms with Crippen LogP contribution in [0.5, 0.6) is 5.75 Å². The quantitative estimate of drug-likeness (QED) is 0.209. The molecular formula is C24H15I2N3O2. The van der Waals surface area contributed by atoms with Crippen LogP contribution in [0.1, 0.15) is 16.7 Å². The van der Waals surface area contributed by atoms with Crippen molar-refractivity contribution in [3.8, 4) is 17.9 Å². The Labute approximate surface area is 207 Å². The number of nitrogens with one attached hydrogen (secondary N) is 1. The number of hydrogen-bond acceptors (Lipinski definition) is 4. The van der Waals surface area contributed by atoms with Gasteiger partial charge in [0.2, 0.25) is 0 Å². The lowest BCUT2D eigenvalue weighted by Gasteiger charge is -2.12. The molecule has 0 aliphatic rings. The molecule has 5 nitrogen and oxygen atoms in total. The number of anilines is 1. The zero-order chi connectivity index (χ0) is 22.2. The average molecular weight is 631 g/mol. The molecule has 0 atom stereocenters. The number of carbonyl (C=O) groups excluding carboxylic acids is 1. The number of amides is 1. The number of nitrogens with zero attached hydrogens (tertiary/aromatic N) is 2. The standard InChI is InChI=1S/C24H15I2N3O2/c25-21-11-16(10-19(14-28)24(30)29-20-8-2-1-3-9-20)12-22(26)23(21)31-15-18-7-5-4-6-17(18)13-27/h1-12H,15H2,(H,29,30)/b19-10-. The summed E-state index contributed by atoms with van der Waals surface area (Å²) in [5.74, 6) is 0.227. The molecule has 3 aromatic rings. The monoisotopic (exact) mass is 631 g/mol. The lowest BCUT2D eigenvalue weighted by molar-refractivity contribution is -0.112. The summed E-state index contributed by atoms with van der Waals surface area (Å²) in [6, 6.07) is 24.1. The third kappa shape index (κ3) is 6.06. The van der Waals surface area contributed by atoms with E-state index >= 15 is 0 Å². The number of hydrogen-bond donors (Lipinski definition) is 1. The summed E-state index contributed by atoms with van der Waals surface area (Å²) in [7, 11) is 0. The molecule has 0 bridgehead atoms. The topological polar surface area (TPSA) is 85.9 Å². The van der Waals surface area contributed by atoms with Crippen molar-refractivity contribution in [1.82, 2.24) is 0 Å². The summed E-state index contributed by atoms with van der Waals surface area (Å²) < 4.78 is 7.66. The smallest absolute Gasteiger partial charge is 0.266 e. The van der Waals surface area contributed by atoms with E-state index in [1.54, 1.807) is 24.3 Å². The highest BCUT2D eigenvalue weighted by Crippen LogP contribution is 2.31. The molecule has 3 rings (SSSR count). The molecule has 0 saturated heterocycles. The van der Waals surface area contributed by atoms with Gasteiger partial charge in [-0.25, -0.2) is 0 Å². The normalized spacial score (nSPS) is 10.6. The van der Waals surface area contributed by atoms with Gasteiger partial charge in [0.1, 0.15) is 24.0 Å². The predicted octanol–water partition coefficient (Wildman–Crippen LogP) is 5.89. The molecule has 0 aliphatic carbocycles. The fourth-order valence-electron chi connectivity index (χ4n) is 2.74. The number of ether oxygens (including phenoxy) is 1. The van der Waals surface area contributed by atoms with Gasteiger partial charge in [-0.15, -0.1) is 0 Å². The summed E-state index contributed by atoms with van der Waals surface area (Å²) in [6.07, 6.45) is 1.55. The maximum Gasteiger partial charge on any atom is 0.266 e. The highest BCUT2D eigenvalue weighted by atomic mass is 127. The average Bonchev–Trinajstić information content (AvgIpc) is 2.77. The van der Waals surface area contributed by atoms with Crippen LogP contribution in [0.3, 0.4) is 0 Å². The Morgan fingerprint density at radius 2 is 1.65 bits per heavy atom. The minimum atomic E-state index is -0.466. The number of rotatable bonds is 6. The maximum atomic E-state index is 12.4. The molecule has 152 valence electrons. The maximum absolute atomic E-state index is 12.4. The predicted molar refractivity (Wildman–Crippen MR) is 136 cm³/mol. The van der Waals surface area contributed by atoms with Gasteiger partial charge in [-0.1, -0.05) is 36.4 Å². The van der Waals surface area contributed by atoms with E-state index in [1.807, 2.05) is 54.6 Å². The summed E-state index contributed by atoms with van der Waals surface area (Å²) in [5.41, 5.74) is 2.74. The minimum Gasteiger partial charge on any atom is -0.487 e. The molecule has 0 unspecified atom stereocenters. The van der Waals surface area contributed by atoms with E-state index in [0.717, 1.165) is 18.3 Å². The summed E-state index contributed by atoms with van der Waals surface area (Å²) in [5, 5.41) is 21.4. The van der Waals surface area contributed by atoms with Crippen LogP contribution < -0.4 is 10.1 Å². The van der Waals surface area contributed by atoms with Crippen molar-refractivity contribution in [3.05, 3.63) is 96.1 Å². The molecule has 0 heterocycles. The van der Waals surface area contributed by atoms with Gasteiger partial charge < -0.3 is 10.1 Å². The summed E-state index contributed by atoms with van der Waals surface area (Å²) in [6.45, 7) is 0.272. The highest BCUT2D eigenvalue weighted by Gasteiger charge is 2.13. The van der Waals surface area contributed by atoms with E-state index in [2.05, 4.69) is 56.6 Å². The van der Waals surface area contributed by atoms with Crippen LogP contribution in [-0.2, 0) is 11.4 Å². The fraction of sp³-hybridized carbons (Fsp3) is 0.0417. The Balaban J connectivity index is 1.79. The summed E-state index contributed by atoms with van der Waals surface area (Å²) in [4.78, 5) is 12.4. The lowest BCUT2D eigenvalue weighted by atomic mass is 10.1. The second-order valence-corrected chi connectivity index (χ2v) is 8.69. The van der Waals surface area contributed by atoms with Gasteiger partial charge in [0.05, 0.1) is 18.8 Å². The van der Waals surface area contributed by atoms with Crippen LogP contribution >= 0.6 is 45.2 Å². The second kappa shape index (κ2) is 10.9. The van der Waals surface area contributed by atoms with Gasteiger partial charge in [0, 0.05) is 11.3 Å². The number of para-hydroxylation sites is 1. The Morgan fingerprint density at radius 3 is 2.29 bits per heavy atom. The minimum absolute atomic E-state index is 0.00655. The molecule has 0 fully saturated rings. The molecule has 0 aliphatic heterocycles. The van der Waals surface area contributed by atoms with Crippen molar-refractivity contribution in [2.24, 2.45) is 0 Å². The first-order valence-electron chi connectivity index (χ1n) is 9.10. The van der Waals surface area contributed by atoms with Crippen LogP contribution in [0.25, 0.3) is 6.08 Å². The molecule has 31 heavy (non-hydrogen) atoms. The van der Waals surface area contributed by atoms with Crippen molar-refractivity contribution in [1.29, 1.82) is 10.5 Å². The first-order valence-corrected chi connectivity index (χ1v) is 11.3. The zero-order valence-corrected chi connectivity index (χ0v) is 20.4. The number of halogens is 2. The van der Waals surface area contributed by atoms with E-state index in [9.17, 15) is 15.3 Å². The van der Waals surface area contributed by atoms with E-state index in [1.165, 1.54) is 0 Å². The highest BCUT2D eigenvalue weighted by molar-refractivity contribution is 14.1. The third-order valence-electron chi connectivity index (χ3n) is 4.24. The summed E-state index contributed by atoms with van der Waals surface area (Å²) >= 11 is 4.32. The van der Waals surface area contributed by atoms with Crippen molar-refractivity contribution in [2.75, 3.05) is 5.32 Å². The van der Waals surface area contributed by atoms with E-state index in [-0.39, 0.29) is 12.2 Å². The zero-order valence-electron chi connectivity index (χ0n) is 16.1. The van der Waals surface area contributed by atoms with Gasteiger partial charge in [-0.05, 0) is 87.2 Å². The van der Waals surface area contributed by atoms with Crippen molar-refractivity contribution in [3.63, 3.8) is 0 Å². The van der Waals surface area contributed by atoms with Gasteiger partial charge in [-0.3, -0.25) is 4.79 Å². The van der Waals surface area contributed by atoms with Crippen LogP contribution in [0.4, 0.5) is 5.69 Å². The van der Waals surface area contributed by atoms with Crippen molar-refractivity contribution < 1.29 is 9.53 Å². The van der Waals surface area contributed by atoms with Gasteiger partial charge in [0.25, 0.3) is 5.91 Å². The Bertz CT molecular complexity index is 1200. The Kier molecular flexibility index (Phi) is 8.04. The van der Waals surface area contributed by atoms with Crippen molar-refractivity contribution >= 4 is 62.9 Å². The van der Waals surface area contributed by atoms with Crippen LogP contribution in [0, 0.1) is 29.8 Å². The van der Waals surface area contributed by atoms with E-state index < -0.39 is 5.91 Å². The lowest BCUT2D eigenvalue weighted by Crippen LogP contribution is -2.13. The molecule has 1 N–H and O–H groups in total. The largest absolute Gasteiger partial charge is 0.487 e. The van der Waals surface area contributed by atoms with Gasteiger partial charge in [-0.2, -0.15) is 10.5 Å². The molecular weight excluding hydrogens is 616 g/mol. The van der Waals surface area contributed by atoms with Gasteiger partial charge in [0.15, 0.2) is 0 Å². The number of nitriles is 2. The molecule has 0 saturated carbocycles.